The minimum absolute atomic E-state index is 0.284. The van der Waals surface area contributed by atoms with Crippen molar-refractivity contribution in [2.75, 3.05) is 5.32 Å². The summed E-state index contributed by atoms with van der Waals surface area (Å²) in [6.45, 7) is 0. The number of thiazole rings is 1. The highest BCUT2D eigenvalue weighted by Crippen LogP contribution is 2.24. The van der Waals surface area contributed by atoms with Gasteiger partial charge in [0, 0.05) is 27.7 Å². The van der Waals surface area contributed by atoms with Crippen molar-refractivity contribution in [2.24, 2.45) is 0 Å². The van der Waals surface area contributed by atoms with E-state index in [-0.39, 0.29) is 5.91 Å². The van der Waals surface area contributed by atoms with Crippen LogP contribution in [0.2, 0.25) is 5.02 Å². The van der Waals surface area contributed by atoms with Gasteiger partial charge in [0.1, 0.15) is 17.3 Å². The summed E-state index contributed by atoms with van der Waals surface area (Å²) >= 11 is 7.40. The molecule has 0 saturated carbocycles. The Kier molecular flexibility index (Phi) is 4.47. The largest absolute Gasteiger partial charge is 0.338 e. The number of imidazole rings is 1. The van der Waals surface area contributed by atoms with E-state index in [0.29, 0.717) is 22.4 Å². The van der Waals surface area contributed by atoms with Gasteiger partial charge < -0.3 is 10.3 Å². The lowest BCUT2D eigenvalue weighted by molar-refractivity contribution is 0.102. The summed E-state index contributed by atoms with van der Waals surface area (Å²) in [7, 11) is 0. The minimum atomic E-state index is -0.284. The standard InChI is InChI=1S/C18H12ClN5OS/c19-13-3-1-2-11(6-13)14-8-21-17(23-14)12-4-5-16(20-7-12)24-18(25)15-9-26-10-22-15/h1-10H,(H,21,23)(H,20,24,25). The number of carbonyl (C=O) groups excluding carboxylic acids is 1. The highest BCUT2D eigenvalue weighted by Gasteiger charge is 2.10. The Labute approximate surface area is 157 Å². The second kappa shape index (κ2) is 7.07. The van der Waals surface area contributed by atoms with Gasteiger partial charge in [0.15, 0.2) is 0 Å². The summed E-state index contributed by atoms with van der Waals surface area (Å²) in [6, 6.07) is 11.1. The fourth-order valence-electron chi connectivity index (χ4n) is 2.38. The molecular weight excluding hydrogens is 370 g/mol. The number of amides is 1. The molecule has 0 aliphatic rings. The second-order valence-corrected chi connectivity index (χ2v) is 6.57. The first kappa shape index (κ1) is 16.4. The molecule has 26 heavy (non-hydrogen) atoms. The van der Waals surface area contributed by atoms with Crippen LogP contribution in [0.4, 0.5) is 5.82 Å². The van der Waals surface area contributed by atoms with Crippen molar-refractivity contribution in [1.29, 1.82) is 0 Å². The lowest BCUT2D eigenvalue weighted by Crippen LogP contribution is -2.13. The summed E-state index contributed by atoms with van der Waals surface area (Å²) in [4.78, 5) is 27.9. The molecule has 4 rings (SSSR count). The van der Waals surface area contributed by atoms with E-state index >= 15 is 0 Å². The van der Waals surface area contributed by atoms with Gasteiger partial charge in [-0.1, -0.05) is 23.7 Å². The molecule has 0 fully saturated rings. The van der Waals surface area contributed by atoms with Gasteiger partial charge in [-0.2, -0.15) is 0 Å². The number of benzene rings is 1. The maximum absolute atomic E-state index is 12.0. The van der Waals surface area contributed by atoms with Crippen LogP contribution in [0.5, 0.6) is 0 Å². The van der Waals surface area contributed by atoms with Crippen LogP contribution in [0.25, 0.3) is 22.6 Å². The van der Waals surface area contributed by atoms with E-state index in [1.165, 1.54) is 11.3 Å². The van der Waals surface area contributed by atoms with Crippen LogP contribution in [0.3, 0.4) is 0 Å². The molecule has 2 N–H and O–H groups in total. The number of nitrogens with zero attached hydrogens (tertiary/aromatic N) is 3. The van der Waals surface area contributed by atoms with Gasteiger partial charge in [-0.25, -0.2) is 15.0 Å². The number of H-pyrrole nitrogens is 1. The summed E-state index contributed by atoms with van der Waals surface area (Å²) < 4.78 is 0. The van der Waals surface area contributed by atoms with Crippen LogP contribution in [0.1, 0.15) is 10.5 Å². The Morgan fingerprint density at radius 1 is 1.08 bits per heavy atom. The van der Waals surface area contributed by atoms with Crippen LogP contribution >= 0.6 is 22.9 Å². The molecule has 1 aromatic carbocycles. The zero-order chi connectivity index (χ0) is 17.9. The summed E-state index contributed by atoms with van der Waals surface area (Å²) in [5.41, 5.74) is 4.61. The normalized spacial score (nSPS) is 10.7. The first-order valence-corrected chi connectivity index (χ1v) is 8.98. The summed E-state index contributed by atoms with van der Waals surface area (Å²) in [5.74, 6) is 0.853. The lowest BCUT2D eigenvalue weighted by Gasteiger charge is -2.03. The molecule has 8 heteroatoms. The number of rotatable bonds is 4. The molecule has 0 radical (unpaired) electrons. The van der Waals surface area contributed by atoms with Gasteiger partial charge in [-0.05, 0) is 24.3 Å². The molecule has 3 heterocycles. The van der Waals surface area contributed by atoms with Crippen molar-refractivity contribution in [3.05, 3.63) is 70.4 Å². The number of hydrogen-bond donors (Lipinski definition) is 2. The average molecular weight is 382 g/mol. The SMILES string of the molecule is O=C(Nc1ccc(-c2ncc(-c3cccc(Cl)c3)[nH]2)cn1)c1cscn1. The van der Waals surface area contributed by atoms with Gasteiger partial charge >= 0.3 is 0 Å². The zero-order valence-electron chi connectivity index (χ0n) is 13.3. The van der Waals surface area contributed by atoms with Gasteiger partial charge in [0.05, 0.1) is 17.4 Å². The number of anilines is 1. The number of hydrogen-bond acceptors (Lipinski definition) is 5. The van der Waals surface area contributed by atoms with Crippen molar-refractivity contribution in [3.63, 3.8) is 0 Å². The molecule has 0 aliphatic carbocycles. The molecule has 0 bridgehead atoms. The zero-order valence-corrected chi connectivity index (χ0v) is 14.9. The molecule has 3 aromatic heterocycles. The average Bonchev–Trinajstić information content (AvgIpc) is 3.35. The molecule has 128 valence electrons. The monoisotopic (exact) mass is 381 g/mol. The van der Waals surface area contributed by atoms with Crippen LogP contribution < -0.4 is 5.32 Å². The number of aromatic nitrogens is 4. The number of halogens is 1. The molecule has 0 saturated heterocycles. The molecule has 0 spiro atoms. The van der Waals surface area contributed by atoms with Crippen molar-refractivity contribution in [3.8, 4) is 22.6 Å². The van der Waals surface area contributed by atoms with Gasteiger partial charge in [-0.15, -0.1) is 11.3 Å². The predicted molar refractivity (Wildman–Crippen MR) is 102 cm³/mol. The minimum Gasteiger partial charge on any atom is -0.338 e. The lowest BCUT2D eigenvalue weighted by atomic mass is 10.2. The molecule has 0 atom stereocenters. The highest BCUT2D eigenvalue weighted by molar-refractivity contribution is 7.07. The number of carbonyl (C=O) groups is 1. The topological polar surface area (TPSA) is 83.6 Å². The molecule has 1 amide bonds. The highest BCUT2D eigenvalue weighted by atomic mass is 35.5. The summed E-state index contributed by atoms with van der Waals surface area (Å²) in [6.07, 6.45) is 3.40. The Morgan fingerprint density at radius 2 is 2.00 bits per heavy atom. The Hall–Kier alpha value is -3.03. The number of pyridine rings is 1. The molecule has 6 nitrogen and oxygen atoms in total. The molecular formula is C18H12ClN5OS. The summed E-state index contributed by atoms with van der Waals surface area (Å²) in [5, 5.41) is 5.06. The third-order valence-corrected chi connectivity index (χ3v) is 4.48. The van der Waals surface area contributed by atoms with E-state index < -0.39 is 0 Å². The fourth-order valence-corrected chi connectivity index (χ4v) is 3.11. The molecule has 4 aromatic rings. The van der Waals surface area contributed by atoms with Crippen LogP contribution in [0, 0.1) is 0 Å². The smallest absolute Gasteiger partial charge is 0.276 e. The first-order chi connectivity index (χ1) is 12.7. The van der Waals surface area contributed by atoms with Crippen LogP contribution in [0.15, 0.2) is 59.7 Å². The van der Waals surface area contributed by atoms with Crippen molar-refractivity contribution < 1.29 is 4.79 Å². The predicted octanol–water partition coefficient (Wildman–Crippen LogP) is 4.50. The number of nitrogens with one attached hydrogen (secondary N) is 2. The third-order valence-electron chi connectivity index (χ3n) is 3.65. The number of aromatic amines is 1. The van der Waals surface area contributed by atoms with Crippen molar-refractivity contribution in [2.45, 2.75) is 0 Å². The van der Waals surface area contributed by atoms with Gasteiger partial charge in [-0.3, -0.25) is 4.79 Å². The molecule has 0 aliphatic heterocycles. The van der Waals surface area contributed by atoms with Gasteiger partial charge in [0.25, 0.3) is 5.91 Å². The van der Waals surface area contributed by atoms with E-state index in [1.54, 1.807) is 29.4 Å². The van der Waals surface area contributed by atoms with Crippen molar-refractivity contribution >= 4 is 34.7 Å². The maximum atomic E-state index is 12.0. The van der Waals surface area contributed by atoms with Crippen molar-refractivity contribution in [1.82, 2.24) is 19.9 Å². The van der Waals surface area contributed by atoms with E-state index in [2.05, 4.69) is 25.3 Å². The third kappa shape index (κ3) is 3.49. The second-order valence-electron chi connectivity index (χ2n) is 5.42. The maximum Gasteiger partial charge on any atom is 0.276 e. The first-order valence-electron chi connectivity index (χ1n) is 7.66. The molecule has 0 unspecified atom stereocenters. The Bertz CT molecular complexity index is 1040. The quantitative estimate of drug-likeness (QED) is 0.545. The van der Waals surface area contributed by atoms with E-state index in [9.17, 15) is 4.79 Å². The van der Waals surface area contributed by atoms with Gasteiger partial charge in [0.2, 0.25) is 0 Å². The van der Waals surface area contributed by atoms with E-state index in [1.807, 2.05) is 30.3 Å². The Morgan fingerprint density at radius 3 is 2.73 bits per heavy atom. The van der Waals surface area contributed by atoms with E-state index in [0.717, 1.165) is 16.8 Å². The van der Waals surface area contributed by atoms with Crippen LogP contribution in [-0.4, -0.2) is 25.8 Å². The van der Waals surface area contributed by atoms with Crippen LogP contribution in [-0.2, 0) is 0 Å². The van der Waals surface area contributed by atoms with E-state index in [4.69, 9.17) is 11.6 Å². The fraction of sp³-hybridized carbons (Fsp3) is 0. The Balaban J connectivity index is 1.51.